The first-order valence-electron chi connectivity index (χ1n) is 10.9. The molecule has 1 fully saturated rings. The molecule has 4 rings (SSSR count). The molecule has 1 unspecified atom stereocenters. The van der Waals surface area contributed by atoms with Gasteiger partial charge in [0.05, 0.1) is 11.2 Å². The highest BCUT2D eigenvalue weighted by molar-refractivity contribution is 5.93. The van der Waals surface area contributed by atoms with E-state index in [1.165, 1.54) is 13.3 Å². The topological polar surface area (TPSA) is 66.7 Å². The number of pyridine rings is 1. The van der Waals surface area contributed by atoms with Crippen LogP contribution in [0.5, 0.6) is 0 Å². The molecule has 0 spiro atoms. The van der Waals surface area contributed by atoms with Crippen LogP contribution in [0.4, 0.5) is 5.69 Å². The van der Waals surface area contributed by atoms with Gasteiger partial charge in [-0.3, -0.25) is 9.59 Å². The van der Waals surface area contributed by atoms with E-state index in [1.54, 1.807) is 6.08 Å². The molecule has 1 N–H and O–H groups in total. The Morgan fingerprint density at radius 2 is 2.00 bits per heavy atom. The minimum Gasteiger partial charge on any atom is -0.336 e. The summed E-state index contributed by atoms with van der Waals surface area (Å²) in [5, 5.41) is 7.45. The van der Waals surface area contributed by atoms with Gasteiger partial charge in [0.15, 0.2) is 0 Å². The summed E-state index contributed by atoms with van der Waals surface area (Å²) in [4.78, 5) is 26.0. The minimum absolute atomic E-state index is 0.0850. The zero-order valence-corrected chi connectivity index (χ0v) is 18.0. The fraction of sp³-hybridized carbons (Fsp3) is 0.320. The van der Waals surface area contributed by atoms with Gasteiger partial charge in [-0.2, -0.15) is 5.10 Å². The smallest absolute Gasteiger partial charge is 0.246 e. The number of carbonyl (C=O) groups excluding carboxylic acids is 2. The Labute approximate surface area is 182 Å². The molecule has 6 nitrogen and oxygen atoms in total. The van der Waals surface area contributed by atoms with Crippen molar-refractivity contribution in [1.82, 2.24) is 14.5 Å². The molecule has 31 heavy (non-hydrogen) atoms. The van der Waals surface area contributed by atoms with Crippen LogP contribution in [-0.2, 0) is 9.59 Å². The fourth-order valence-corrected chi connectivity index (χ4v) is 4.22. The largest absolute Gasteiger partial charge is 0.336 e. The Morgan fingerprint density at radius 1 is 1.19 bits per heavy atom. The molecule has 0 saturated carbocycles. The molecule has 2 amide bonds. The van der Waals surface area contributed by atoms with Gasteiger partial charge >= 0.3 is 0 Å². The third-order valence-electron chi connectivity index (χ3n) is 5.82. The van der Waals surface area contributed by atoms with E-state index < -0.39 is 0 Å². The Kier molecular flexibility index (Phi) is 6.16. The van der Waals surface area contributed by atoms with Crippen molar-refractivity contribution in [2.75, 3.05) is 11.9 Å². The maximum Gasteiger partial charge on any atom is 0.246 e. The minimum atomic E-state index is -0.0960. The highest BCUT2D eigenvalue weighted by atomic mass is 16.2. The number of fused-ring (bicyclic) bond motifs is 1. The molecule has 1 aliphatic heterocycles. The number of aromatic nitrogens is 2. The van der Waals surface area contributed by atoms with Crippen molar-refractivity contribution in [3.8, 4) is 11.3 Å². The van der Waals surface area contributed by atoms with E-state index in [4.69, 9.17) is 0 Å². The lowest BCUT2D eigenvalue weighted by Crippen LogP contribution is -2.42. The van der Waals surface area contributed by atoms with Gasteiger partial charge in [-0.25, -0.2) is 4.52 Å². The van der Waals surface area contributed by atoms with Crippen molar-refractivity contribution in [3.05, 3.63) is 60.3 Å². The van der Waals surface area contributed by atoms with Gasteiger partial charge < -0.3 is 10.2 Å². The Bertz CT molecular complexity index is 1110. The molecular formula is C25H28N4O2. The lowest BCUT2D eigenvalue weighted by Gasteiger charge is -2.34. The second-order valence-corrected chi connectivity index (χ2v) is 8.00. The number of rotatable bonds is 5. The summed E-state index contributed by atoms with van der Waals surface area (Å²) < 4.78 is 1.83. The highest BCUT2D eigenvalue weighted by Gasteiger charge is 2.23. The number of nitrogens with one attached hydrogen (secondary N) is 1. The van der Waals surface area contributed by atoms with Crippen LogP contribution >= 0.6 is 0 Å². The van der Waals surface area contributed by atoms with Crippen LogP contribution in [0.3, 0.4) is 0 Å². The highest BCUT2D eigenvalue weighted by Crippen LogP contribution is 2.24. The van der Waals surface area contributed by atoms with Gasteiger partial charge in [0.1, 0.15) is 0 Å². The normalized spacial score (nSPS) is 16.7. The summed E-state index contributed by atoms with van der Waals surface area (Å²) in [5.74, 6) is -0.0110. The fourth-order valence-electron chi connectivity index (χ4n) is 4.22. The lowest BCUT2D eigenvalue weighted by molar-refractivity contribution is -0.129. The summed E-state index contributed by atoms with van der Waals surface area (Å²) in [6.07, 6.45) is 9.87. The summed E-state index contributed by atoms with van der Waals surface area (Å²) in [6, 6.07) is 13.9. The van der Waals surface area contributed by atoms with E-state index in [9.17, 15) is 9.59 Å². The number of amides is 2. The third kappa shape index (κ3) is 4.68. The van der Waals surface area contributed by atoms with Crippen LogP contribution in [0.2, 0.25) is 0 Å². The van der Waals surface area contributed by atoms with E-state index in [0.717, 1.165) is 53.8 Å². The molecule has 0 aliphatic carbocycles. The van der Waals surface area contributed by atoms with Crippen LogP contribution in [0.1, 0.15) is 45.1 Å². The van der Waals surface area contributed by atoms with Crippen LogP contribution in [-0.4, -0.2) is 38.9 Å². The summed E-state index contributed by atoms with van der Waals surface area (Å²) >= 11 is 0. The van der Waals surface area contributed by atoms with Crippen LogP contribution in [0.15, 0.2) is 54.7 Å². The van der Waals surface area contributed by atoms with Crippen LogP contribution in [0, 0.1) is 0 Å². The quantitative estimate of drug-likeness (QED) is 0.610. The molecular weight excluding hydrogens is 388 g/mol. The average molecular weight is 417 g/mol. The first kappa shape index (κ1) is 20.8. The number of piperidine rings is 1. The summed E-state index contributed by atoms with van der Waals surface area (Å²) in [6.45, 7) is 4.48. The van der Waals surface area contributed by atoms with Gasteiger partial charge in [0, 0.05) is 48.6 Å². The van der Waals surface area contributed by atoms with Gasteiger partial charge in [0.2, 0.25) is 11.8 Å². The first-order chi connectivity index (χ1) is 15.0. The number of benzene rings is 1. The van der Waals surface area contributed by atoms with Crippen molar-refractivity contribution in [3.63, 3.8) is 0 Å². The SMILES string of the molecule is CCC1CCCCN1C(=O)C=Cc1cccn2nc(-c3ccc(NC(C)=O)cc3)cc12. The van der Waals surface area contributed by atoms with E-state index in [-0.39, 0.29) is 11.8 Å². The molecule has 2 aromatic heterocycles. The van der Waals surface area contributed by atoms with Crippen molar-refractivity contribution < 1.29 is 9.59 Å². The zero-order chi connectivity index (χ0) is 21.8. The number of likely N-dealkylation sites (tertiary alicyclic amines) is 1. The molecule has 0 bridgehead atoms. The number of hydrogen-bond acceptors (Lipinski definition) is 3. The van der Waals surface area contributed by atoms with E-state index in [2.05, 4.69) is 17.3 Å². The average Bonchev–Trinajstić information content (AvgIpc) is 3.22. The Morgan fingerprint density at radius 3 is 2.74 bits per heavy atom. The van der Waals surface area contributed by atoms with Crippen LogP contribution in [0.25, 0.3) is 22.9 Å². The first-order valence-corrected chi connectivity index (χ1v) is 10.9. The van der Waals surface area contributed by atoms with Gasteiger partial charge in [-0.15, -0.1) is 0 Å². The number of anilines is 1. The molecule has 1 aliphatic rings. The molecule has 1 atom stereocenters. The predicted molar refractivity (Wildman–Crippen MR) is 124 cm³/mol. The number of hydrogen-bond donors (Lipinski definition) is 1. The van der Waals surface area contributed by atoms with Gasteiger partial charge in [-0.1, -0.05) is 25.1 Å². The summed E-state index contributed by atoms with van der Waals surface area (Å²) in [5.41, 5.74) is 4.45. The third-order valence-corrected chi connectivity index (χ3v) is 5.82. The van der Waals surface area contributed by atoms with Crippen molar-refractivity contribution in [2.24, 2.45) is 0 Å². The maximum atomic E-state index is 12.8. The maximum absolute atomic E-state index is 12.8. The van der Waals surface area contributed by atoms with E-state index in [0.29, 0.717) is 6.04 Å². The van der Waals surface area contributed by atoms with Crippen molar-refractivity contribution in [2.45, 2.75) is 45.6 Å². The zero-order valence-electron chi connectivity index (χ0n) is 18.0. The van der Waals surface area contributed by atoms with Crippen molar-refractivity contribution >= 4 is 29.1 Å². The lowest BCUT2D eigenvalue weighted by atomic mass is 10.00. The van der Waals surface area contributed by atoms with Crippen LogP contribution < -0.4 is 5.32 Å². The second kappa shape index (κ2) is 9.16. The number of carbonyl (C=O) groups is 2. The molecule has 6 heteroatoms. The predicted octanol–water partition coefficient (Wildman–Crippen LogP) is 4.76. The second-order valence-electron chi connectivity index (χ2n) is 8.00. The Balaban J connectivity index is 1.57. The Hall–Kier alpha value is -3.41. The molecule has 3 heterocycles. The van der Waals surface area contributed by atoms with Crippen molar-refractivity contribution in [1.29, 1.82) is 0 Å². The molecule has 1 aromatic carbocycles. The molecule has 3 aromatic rings. The molecule has 1 saturated heterocycles. The molecule has 160 valence electrons. The summed E-state index contributed by atoms with van der Waals surface area (Å²) in [7, 11) is 0. The molecule has 0 radical (unpaired) electrons. The monoisotopic (exact) mass is 416 g/mol. The van der Waals surface area contributed by atoms with Gasteiger partial charge in [-0.05, 0) is 56.0 Å². The van der Waals surface area contributed by atoms with E-state index >= 15 is 0 Å². The number of nitrogens with zero attached hydrogens (tertiary/aromatic N) is 3. The van der Waals surface area contributed by atoms with Gasteiger partial charge in [0.25, 0.3) is 0 Å². The van der Waals surface area contributed by atoms with E-state index in [1.807, 2.05) is 64.2 Å². The standard InChI is InChI=1S/C25H28N4O2/c1-3-22-8-4-5-15-28(22)25(31)14-11-20-7-6-16-29-24(20)17-23(27-29)19-9-12-21(13-10-19)26-18(2)30/h6-7,9-14,16-17,22H,3-5,8,15H2,1-2H3,(H,26,30).